The van der Waals surface area contributed by atoms with Crippen molar-refractivity contribution in [1.82, 2.24) is 4.98 Å². The number of pyridine rings is 1. The second-order valence-corrected chi connectivity index (χ2v) is 5.23. The van der Waals surface area contributed by atoms with Gasteiger partial charge in [0.2, 0.25) is 0 Å². The average molecular weight is 277 g/mol. The standard InChI is InChI=1S/C19H16FN/c1-12(2)19-18(14-8-5-4-6-9-14)15-10-7-11-16(20)17(15)13(3)21-19/h4-11H,1H2,2-3H3. The van der Waals surface area contributed by atoms with Gasteiger partial charge in [-0.1, -0.05) is 49.0 Å². The topological polar surface area (TPSA) is 12.9 Å². The number of halogens is 1. The number of aromatic nitrogens is 1. The van der Waals surface area contributed by atoms with E-state index < -0.39 is 0 Å². The Morgan fingerprint density at radius 1 is 1.05 bits per heavy atom. The van der Waals surface area contributed by atoms with Crippen LogP contribution < -0.4 is 0 Å². The number of hydrogen-bond donors (Lipinski definition) is 0. The van der Waals surface area contributed by atoms with Crippen LogP contribution >= 0.6 is 0 Å². The fraction of sp³-hybridized carbons (Fsp3) is 0.105. The Morgan fingerprint density at radius 2 is 1.76 bits per heavy atom. The Bertz CT molecular complexity index is 835. The van der Waals surface area contributed by atoms with Crippen LogP contribution in [-0.2, 0) is 0 Å². The molecule has 2 heteroatoms. The van der Waals surface area contributed by atoms with E-state index in [4.69, 9.17) is 0 Å². The smallest absolute Gasteiger partial charge is 0.132 e. The lowest BCUT2D eigenvalue weighted by Crippen LogP contribution is -1.98. The molecule has 0 aliphatic heterocycles. The molecule has 104 valence electrons. The van der Waals surface area contributed by atoms with E-state index in [-0.39, 0.29) is 5.82 Å². The first kappa shape index (κ1) is 13.5. The Hall–Kier alpha value is -2.48. The van der Waals surface area contributed by atoms with Crippen molar-refractivity contribution in [2.75, 3.05) is 0 Å². The molecule has 0 aliphatic rings. The fourth-order valence-corrected chi connectivity index (χ4v) is 2.71. The molecule has 3 aromatic rings. The largest absolute Gasteiger partial charge is 0.252 e. The maximum absolute atomic E-state index is 14.2. The van der Waals surface area contributed by atoms with Gasteiger partial charge >= 0.3 is 0 Å². The summed E-state index contributed by atoms with van der Waals surface area (Å²) in [6.45, 7) is 7.80. The first-order valence-electron chi connectivity index (χ1n) is 6.89. The summed E-state index contributed by atoms with van der Waals surface area (Å²) in [5.41, 5.74) is 4.38. The van der Waals surface area contributed by atoms with Crippen LogP contribution in [-0.4, -0.2) is 4.98 Å². The van der Waals surface area contributed by atoms with Gasteiger partial charge in [0.25, 0.3) is 0 Å². The van der Waals surface area contributed by atoms with Gasteiger partial charge in [-0.2, -0.15) is 0 Å². The molecule has 0 spiro atoms. The van der Waals surface area contributed by atoms with Gasteiger partial charge in [-0.15, -0.1) is 0 Å². The summed E-state index contributed by atoms with van der Waals surface area (Å²) in [6, 6.07) is 15.1. The Morgan fingerprint density at radius 3 is 2.43 bits per heavy atom. The lowest BCUT2D eigenvalue weighted by atomic mass is 9.93. The van der Waals surface area contributed by atoms with E-state index in [1.54, 1.807) is 6.07 Å². The van der Waals surface area contributed by atoms with Gasteiger partial charge < -0.3 is 0 Å². The number of hydrogen-bond acceptors (Lipinski definition) is 1. The average Bonchev–Trinajstić information content (AvgIpc) is 2.47. The van der Waals surface area contributed by atoms with E-state index in [0.717, 1.165) is 27.8 Å². The van der Waals surface area contributed by atoms with Crippen LogP contribution in [0.2, 0.25) is 0 Å². The first-order valence-corrected chi connectivity index (χ1v) is 6.89. The summed E-state index contributed by atoms with van der Waals surface area (Å²) in [6.07, 6.45) is 0. The zero-order chi connectivity index (χ0) is 15.0. The van der Waals surface area contributed by atoms with Crippen LogP contribution in [0.1, 0.15) is 18.3 Å². The number of fused-ring (bicyclic) bond motifs is 1. The van der Waals surface area contributed by atoms with Gasteiger partial charge in [-0.25, -0.2) is 4.39 Å². The molecular formula is C19H16FN. The third kappa shape index (κ3) is 2.23. The predicted octanol–water partition coefficient (Wildman–Crippen LogP) is 5.38. The van der Waals surface area contributed by atoms with E-state index in [9.17, 15) is 4.39 Å². The highest BCUT2D eigenvalue weighted by Crippen LogP contribution is 2.36. The minimum absolute atomic E-state index is 0.233. The highest BCUT2D eigenvalue weighted by atomic mass is 19.1. The molecule has 2 aromatic carbocycles. The molecule has 1 heterocycles. The highest BCUT2D eigenvalue weighted by molar-refractivity contribution is 6.01. The lowest BCUT2D eigenvalue weighted by molar-refractivity contribution is 0.638. The molecule has 0 radical (unpaired) electrons. The molecule has 1 aromatic heterocycles. The van der Waals surface area contributed by atoms with Gasteiger partial charge in [0.05, 0.1) is 5.69 Å². The molecule has 1 nitrogen and oxygen atoms in total. The quantitative estimate of drug-likeness (QED) is 0.612. The predicted molar refractivity (Wildman–Crippen MR) is 86.6 cm³/mol. The van der Waals surface area contributed by atoms with Crippen LogP contribution in [0.4, 0.5) is 4.39 Å². The molecule has 0 N–H and O–H groups in total. The molecule has 0 aliphatic carbocycles. The molecule has 0 saturated heterocycles. The highest BCUT2D eigenvalue weighted by Gasteiger charge is 2.16. The number of allylic oxidation sites excluding steroid dienone is 1. The normalized spacial score (nSPS) is 10.8. The molecule has 0 amide bonds. The van der Waals surface area contributed by atoms with Crippen molar-refractivity contribution in [3.05, 3.63) is 72.3 Å². The molecule has 0 saturated carbocycles. The minimum Gasteiger partial charge on any atom is -0.252 e. The molecule has 0 atom stereocenters. The number of rotatable bonds is 2. The van der Waals surface area contributed by atoms with Crippen LogP contribution in [0.15, 0.2) is 55.1 Å². The van der Waals surface area contributed by atoms with Crippen LogP contribution in [0.3, 0.4) is 0 Å². The Kier molecular flexibility index (Phi) is 3.30. The third-order valence-electron chi connectivity index (χ3n) is 3.63. The Labute approximate surface area is 123 Å². The summed E-state index contributed by atoms with van der Waals surface area (Å²) in [5.74, 6) is -0.233. The van der Waals surface area contributed by atoms with Crippen molar-refractivity contribution < 1.29 is 4.39 Å². The Balaban J connectivity index is 2.51. The van der Waals surface area contributed by atoms with Crippen molar-refractivity contribution in [3.63, 3.8) is 0 Å². The van der Waals surface area contributed by atoms with Gasteiger partial charge in [0, 0.05) is 16.6 Å². The van der Waals surface area contributed by atoms with Crippen molar-refractivity contribution in [2.45, 2.75) is 13.8 Å². The van der Waals surface area contributed by atoms with Gasteiger partial charge in [0.15, 0.2) is 0 Å². The zero-order valence-corrected chi connectivity index (χ0v) is 12.2. The minimum atomic E-state index is -0.233. The summed E-state index contributed by atoms with van der Waals surface area (Å²) in [7, 11) is 0. The summed E-state index contributed by atoms with van der Waals surface area (Å²) in [4.78, 5) is 4.60. The SMILES string of the molecule is C=C(C)c1nc(C)c2c(F)cccc2c1-c1ccccc1. The molecular weight excluding hydrogens is 261 g/mol. The van der Waals surface area contributed by atoms with Crippen molar-refractivity contribution in [3.8, 4) is 11.1 Å². The van der Waals surface area contributed by atoms with Crippen molar-refractivity contribution in [2.24, 2.45) is 0 Å². The molecule has 0 bridgehead atoms. The van der Waals surface area contributed by atoms with E-state index >= 15 is 0 Å². The van der Waals surface area contributed by atoms with E-state index in [2.05, 4.69) is 11.6 Å². The first-order chi connectivity index (χ1) is 10.1. The zero-order valence-electron chi connectivity index (χ0n) is 12.2. The molecule has 0 unspecified atom stereocenters. The van der Waals surface area contributed by atoms with E-state index in [0.29, 0.717) is 11.1 Å². The van der Waals surface area contributed by atoms with Crippen LogP contribution in [0.5, 0.6) is 0 Å². The van der Waals surface area contributed by atoms with Crippen LogP contribution in [0, 0.1) is 12.7 Å². The monoisotopic (exact) mass is 277 g/mol. The molecule has 0 fully saturated rings. The maximum atomic E-state index is 14.2. The van der Waals surface area contributed by atoms with Crippen molar-refractivity contribution in [1.29, 1.82) is 0 Å². The second kappa shape index (κ2) is 5.13. The summed E-state index contributed by atoms with van der Waals surface area (Å²) in [5, 5.41) is 1.47. The summed E-state index contributed by atoms with van der Waals surface area (Å²) < 4.78 is 14.2. The van der Waals surface area contributed by atoms with Gasteiger partial charge in [0.1, 0.15) is 5.82 Å². The molecule has 21 heavy (non-hydrogen) atoms. The lowest BCUT2D eigenvalue weighted by Gasteiger charge is -2.15. The van der Waals surface area contributed by atoms with Gasteiger partial charge in [-0.3, -0.25) is 4.98 Å². The summed E-state index contributed by atoms with van der Waals surface area (Å²) >= 11 is 0. The number of aryl methyl sites for hydroxylation is 1. The van der Waals surface area contributed by atoms with Crippen LogP contribution in [0.25, 0.3) is 27.5 Å². The van der Waals surface area contributed by atoms with Gasteiger partial charge in [-0.05, 0) is 36.4 Å². The molecule has 3 rings (SSSR count). The third-order valence-corrected chi connectivity index (χ3v) is 3.63. The second-order valence-electron chi connectivity index (χ2n) is 5.23. The number of benzene rings is 2. The van der Waals surface area contributed by atoms with Crippen molar-refractivity contribution >= 4 is 16.3 Å². The maximum Gasteiger partial charge on any atom is 0.132 e. The van der Waals surface area contributed by atoms with E-state index in [1.807, 2.05) is 50.2 Å². The van der Waals surface area contributed by atoms with E-state index in [1.165, 1.54) is 6.07 Å². The fourth-order valence-electron chi connectivity index (χ4n) is 2.71. The number of nitrogens with zero attached hydrogens (tertiary/aromatic N) is 1.